The van der Waals surface area contributed by atoms with E-state index >= 15 is 0 Å². The Balaban J connectivity index is 2.08. The number of benzene rings is 1. The van der Waals surface area contributed by atoms with E-state index in [1.54, 1.807) is 0 Å². The van der Waals surface area contributed by atoms with E-state index in [2.05, 4.69) is 26.2 Å². The molecule has 2 N–H and O–H groups in total. The molecule has 2 aromatic rings. The molecular formula is C12H14BrN3O. The molecule has 0 amide bonds. The van der Waals surface area contributed by atoms with Gasteiger partial charge in [-0.2, -0.15) is 0 Å². The van der Waals surface area contributed by atoms with Crippen molar-refractivity contribution in [2.24, 2.45) is 0 Å². The van der Waals surface area contributed by atoms with Crippen molar-refractivity contribution >= 4 is 27.0 Å². The molecule has 1 saturated heterocycles. The number of nitrogens with one attached hydrogen (secondary N) is 2. The van der Waals surface area contributed by atoms with Gasteiger partial charge >= 0.3 is 5.69 Å². The van der Waals surface area contributed by atoms with Gasteiger partial charge in [0.05, 0.1) is 11.0 Å². The van der Waals surface area contributed by atoms with Gasteiger partial charge in [0.15, 0.2) is 0 Å². The lowest BCUT2D eigenvalue weighted by atomic mass is 10.2. The van der Waals surface area contributed by atoms with Crippen LogP contribution in [0.4, 0.5) is 0 Å². The van der Waals surface area contributed by atoms with Crippen LogP contribution in [0.1, 0.15) is 12.8 Å². The number of nitrogens with zero attached hydrogens (tertiary/aromatic N) is 1. The molecule has 1 atom stereocenters. The summed E-state index contributed by atoms with van der Waals surface area (Å²) in [7, 11) is 0. The maximum absolute atomic E-state index is 11.9. The number of fused-ring (bicyclic) bond motifs is 1. The zero-order chi connectivity index (χ0) is 11.8. The standard InChI is InChI=1S/C12H14BrN3O/c13-9-4-1-5-10-11(9)16(12(17)15-10)7-8-3-2-6-14-8/h1,4-5,8,14H,2-3,6-7H2,(H,15,17). The molecule has 0 bridgehead atoms. The van der Waals surface area contributed by atoms with Crippen molar-refractivity contribution in [1.82, 2.24) is 14.9 Å². The first-order chi connectivity index (χ1) is 8.25. The van der Waals surface area contributed by atoms with Gasteiger partial charge in [0, 0.05) is 17.1 Å². The van der Waals surface area contributed by atoms with Crippen molar-refractivity contribution < 1.29 is 0 Å². The minimum Gasteiger partial charge on any atom is -0.312 e. The lowest BCUT2D eigenvalue weighted by Gasteiger charge is -2.11. The quantitative estimate of drug-likeness (QED) is 0.888. The van der Waals surface area contributed by atoms with E-state index in [4.69, 9.17) is 0 Å². The van der Waals surface area contributed by atoms with Crippen molar-refractivity contribution in [2.45, 2.75) is 25.4 Å². The van der Waals surface area contributed by atoms with E-state index in [1.807, 2.05) is 22.8 Å². The molecule has 0 radical (unpaired) electrons. The van der Waals surface area contributed by atoms with Gasteiger partial charge in [-0.25, -0.2) is 4.79 Å². The largest absolute Gasteiger partial charge is 0.326 e. The molecule has 0 spiro atoms. The summed E-state index contributed by atoms with van der Waals surface area (Å²) in [5, 5.41) is 3.42. The molecule has 17 heavy (non-hydrogen) atoms. The maximum atomic E-state index is 11.9. The number of halogens is 1. The summed E-state index contributed by atoms with van der Waals surface area (Å²) >= 11 is 3.51. The van der Waals surface area contributed by atoms with Gasteiger partial charge in [-0.1, -0.05) is 6.07 Å². The van der Waals surface area contributed by atoms with Crippen molar-refractivity contribution in [3.8, 4) is 0 Å². The van der Waals surface area contributed by atoms with Gasteiger partial charge in [-0.3, -0.25) is 4.57 Å². The van der Waals surface area contributed by atoms with Crippen LogP contribution in [-0.4, -0.2) is 22.1 Å². The number of hydrogen-bond donors (Lipinski definition) is 2. The number of aromatic nitrogens is 2. The fourth-order valence-corrected chi connectivity index (χ4v) is 3.06. The molecule has 0 saturated carbocycles. The normalized spacial score (nSPS) is 20.2. The summed E-state index contributed by atoms with van der Waals surface area (Å²) < 4.78 is 2.79. The molecule has 0 aliphatic carbocycles. The minimum absolute atomic E-state index is 0.0272. The van der Waals surface area contributed by atoms with E-state index in [1.165, 1.54) is 6.42 Å². The van der Waals surface area contributed by atoms with Crippen LogP contribution >= 0.6 is 15.9 Å². The van der Waals surface area contributed by atoms with E-state index in [-0.39, 0.29) is 5.69 Å². The minimum atomic E-state index is -0.0272. The van der Waals surface area contributed by atoms with Crippen molar-refractivity contribution in [3.05, 3.63) is 33.2 Å². The highest BCUT2D eigenvalue weighted by Crippen LogP contribution is 2.22. The van der Waals surface area contributed by atoms with Gasteiger partial charge in [0.1, 0.15) is 0 Å². The third kappa shape index (κ3) is 1.93. The Kier molecular flexibility index (Phi) is 2.80. The molecule has 3 rings (SSSR count). The second kappa shape index (κ2) is 4.31. The molecule has 1 aliphatic heterocycles. The van der Waals surface area contributed by atoms with Crippen LogP contribution in [0, 0.1) is 0 Å². The number of rotatable bonds is 2. The molecule has 1 fully saturated rings. The highest BCUT2D eigenvalue weighted by Gasteiger charge is 2.18. The van der Waals surface area contributed by atoms with Gasteiger partial charge in [0.25, 0.3) is 0 Å². The number of aromatic amines is 1. The molecule has 4 nitrogen and oxygen atoms in total. The second-order valence-corrected chi connectivity index (χ2v) is 5.32. The Bertz CT molecular complexity index is 595. The van der Waals surface area contributed by atoms with Crippen LogP contribution in [-0.2, 0) is 6.54 Å². The van der Waals surface area contributed by atoms with Gasteiger partial charge < -0.3 is 10.3 Å². The van der Waals surface area contributed by atoms with Crippen molar-refractivity contribution in [1.29, 1.82) is 0 Å². The fourth-order valence-electron chi connectivity index (χ4n) is 2.48. The lowest BCUT2D eigenvalue weighted by Crippen LogP contribution is -2.31. The Morgan fingerprint density at radius 2 is 2.35 bits per heavy atom. The van der Waals surface area contributed by atoms with Crippen molar-refractivity contribution in [2.75, 3.05) is 6.54 Å². The molecule has 5 heteroatoms. The monoisotopic (exact) mass is 295 g/mol. The summed E-state index contributed by atoms with van der Waals surface area (Å²) in [4.78, 5) is 14.8. The molecule has 2 heterocycles. The molecule has 1 aliphatic rings. The first-order valence-electron chi connectivity index (χ1n) is 5.86. The maximum Gasteiger partial charge on any atom is 0.326 e. The SMILES string of the molecule is O=c1[nH]c2cccc(Br)c2n1CC1CCCN1. The number of para-hydroxylation sites is 1. The highest BCUT2D eigenvalue weighted by atomic mass is 79.9. The first-order valence-corrected chi connectivity index (χ1v) is 6.65. The topological polar surface area (TPSA) is 49.8 Å². The van der Waals surface area contributed by atoms with E-state index in [0.717, 1.165) is 35.0 Å². The summed E-state index contributed by atoms with van der Waals surface area (Å²) in [6, 6.07) is 6.24. The van der Waals surface area contributed by atoms with Crippen LogP contribution in [0.15, 0.2) is 27.5 Å². The molecule has 90 valence electrons. The smallest absolute Gasteiger partial charge is 0.312 e. The van der Waals surface area contributed by atoms with E-state index in [9.17, 15) is 4.79 Å². The zero-order valence-electron chi connectivity index (χ0n) is 9.37. The highest BCUT2D eigenvalue weighted by molar-refractivity contribution is 9.10. The lowest BCUT2D eigenvalue weighted by molar-refractivity contribution is 0.508. The summed E-state index contributed by atoms with van der Waals surface area (Å²) in [6.45, 7) is 1.80. The van der Waals surface area contributed by atoms with E-state index in [0.29, 0.717) is 6.04 Å². The Hall–Kier alpha value is -1.07. The third-order valence-corrected chi connectivity index (χ3v) is 3.95. The average molecular weight is 296 g/mol. The van der Waals surface area contributed by atoms with Crippen LogP contribution in [0.2, 0.25) is 0 Å². The number of hydrogen-bond acceptors (Lipinski definition) is 2. The van der Waals surface area contributed by atoms with Gasteiger partial charge in [0.2, 0.25) is 0 Å². The van der Waals surface area contributed by atoms with Crippen molar-refractivity contribution in [3.63, 3.8) is 0 Å². The average Bonchev–Trinajstić information content (AvgIpc) is 2.89. The van der Waals surface area contributed by atoms with Crippen LogP contribution in [0.25, 0.3) is 11.0 Å². The Morgan fingerprint density at radius 3 is 3.12 bits per heavy atom. The fraction of sp³-hybridized carbons (Fsp3) is 0.417. The summed E-state index contributed by atoms with van der Waals surface area (Å²) in [5.74, 6) is 0. The number of H-pyrrole nitrogens is 1. The van der Waals surface area contributed by atoms with Crippen LogP contribution in [0.5, 0.6) is 0 Å². The molecule has 1 aromatic heterocycles. The zero-order valence-corrected chi connectivity index (χ0v) is 11.0. The van der Waals surface area contributed by atoms with E-state index < -0.39 is 0 Å². The second-order valence-electron chi connectivity index (χ2n) is 4.47. The first kappa shape index (κ1) is 11.0. The summed E-state index contributed by atoms with van der Waals surface area (Å²) in [5.41, 5.74) is 1.83. The molecular weight excluding hydrogens is 282 g/mol. The van der Waals surface area contributed by atoms with Crippen LogP contribution in [0.3, 0.4) is 0 Å². The Morgan fingerprint density at radius 1 is 1.47 bits per heavy atom. The van der Waals surface area contributed by atoms with Crippen LogP contribution < -0.4 is 11.0 Å². The molecule has 1 aromatic carbocycles. The van der Waals surface area contributed by atoms with Gasteiger partial charge in [-0.15, -0.1) is 0 Å². The Labute approximate surface area is 107 Å². The van der Waals surface area contributed by atoms with Gasteiger partial charge in [-0.05, 0) is 47.4 Å². The summed E-state index contributed by atoms with van der Waals surface area (Å²) in [6.07, 6.45) is 2.34. The molecule has 1 unspecified atom stereocenters. The number of imidazole rings is 1. The predicted octanol–water partition coefficient (Wildman–Crippen LogP) is 1.84. The predicted molar refractivity (Wildman–Crippen MR) is 71.3 cm³/mol. The third-order valence-electron chi connectivity index (χ3n) is 3.31.